The molecule has 2 nitrogen and oxygen atoms in total. The zero-order chi connectivity index (χ0) is 32.6. The fourth-order valence-electron chi connectivity index (χ4n) is 9.03. The van der Waals surface area contributed by atoms with E-state index in [4.69, 9.17) is 0 Å². The predicted octanol–water partition coefficient (Wildman–Crippen LogP) is 7.10. The SMILES string of the molecule is C1CCC(P(C2CCCCC2)C2CCCCC2)CC1.C=C[CH]=[Ru]=[c]1n(-c2c(C)cc(C)cc2C)ccn1-c1c(C)cc(C)cc1C.[CH3-].[CH3-].[Cl-].[Cl-]. The van der Waals surface area contributed by atoms with Crippen molar-refractivity contribution in [1.29, 1.82) is 0 Å². The van der Waals surface area contributed by atoms with Gasteiger partial charge >= 0.3 is 170 Å². The average molecular weight is 827 g/mol. The Labute approximate surface area is 328 Å². The van der Waals surface area contributed by atoms with E-state index in [1.165, 1.54) is 85.0 Å². The van der Waals surface area contributed by atoms with Gasteiger partial charge in [0.15, 0.2) is 0 Å². The smallest absolute Gasteiger partial charge is 0.358 e. The second-order valence-electron chi connectivity index (χ2n) is 14.6. The van der Waals surface area contributed by atoms with E-state index in [-0.39, 0.29) is 55.9 Å². The summed E-state index contributed by atoms with van der Waals surface area (Å²) in [6.07, 6.45) is 30.0. The molecule has 1 aromatic heterocycles. The molecule has 3 aromatic rings. The van der Waals surface area contributed by atoms with Crippen molar-refractivity contribution < 1.29 is 41.0 Å². The second-order valence-corrected chi connectivity index (χ2v) is 19.5. The van der Waals surface area contributed by atoms with Crippen LogP contribution in [0.5, 0.6) is 0 Å². The first kappa shape index (κ1) is 46.9. The Morgan fingerprint density at radius 3 is 1.14 bits per heavy atom. The number of hydrogen-bond donors (Lipinski definition) is 0. The Morgan fingerprint density at radius 1 is 0.560 bits per heavy atom. The Hall–Kier alpha value is -1.11. The van der Waals surface area contributed by atoms with E-state index >= 15 is 0 Å². The van der Waals surface area contributed by atoms with Crippen molar-refractivity contribution in [2.75, 3.05) is 0 Å². The van der Waals surface area contributed by atoms with Gasteiger partial charge in [-0.1, -0.05) is 65.7 Å². The molecule has 3 aliphatic carbocycles. The minimum absolute atomic E-state index is 0. The number of rotatable bonds is 6. The Bertz CT molecular complexity index is 1410. The van der Waals surface area contributed by atoms with E-state index in [1.54, 1.807) is 77.0 Å². The molecule has 284 valence electrons. The van der Waals surface area contributed by atoms with Crippen LogP contribution in [0.15, 0.2) is 49.3 Å². The number of imidazole rings is 1. The summed E-state index contributed by atoms with van der Waals surface area (Å²) in [7, 11) is 0.385. The Morgan fingerprint density at radius 2 is 0.860 bits per heavy atom. The number of allylic oxidation sites excluding steroid dienone is 1. The summed E-state index contributed by atoms with van der Waals surface area (Å²) in [6, 6.07) is 9.08. The number of halogens is 2. The van der Waals surface area contributed by atoms with Crippen LogP contribution in [-0.2, 0) is 16.2 Å². The van der Waals surface area contributed by atoms with Crippen LogP contribution >= 0.6 is 7.92 Å². The van der Waals surface area contributed by atoms with Crippen LogP contribution in [0.25, 0.3) is 11.4 Å². The Kier molecular flexibility index (Phi) is 21.4. The molecule has 0 spiro atoms. The maximum atomic E-state index is 3.91. The van der Waals surface area contributed by atoms with Crippen LogP contribution in [0.3, 0.4) is 0 Å². The fraction of sp³-hybridized carbons (Fsp3) is 0.545. The molecule has 3 fully saturated rings. The second kappa shape index (κ2) is 22.8. The van der Waals surface area contributed by atoms with Crippen LogP contribution < -0.4 is 24.8 Å². The summed E-state index contributed by atoms with van der Waals surface area (Å²) in [5.41, 5.74) is 14.0. The van der Waals surface area contributed by atoms with Gasteiger partial charge in [-0.2, -0.15) is 0 Å². The van der Waals surface area contributed by atoms with Gasteiger partial charge in [0, 0.05) is 0 Å². The van der Waals surface area contributed by atoms with Gasteiger partial charge in [0.25, 0.3) is 0 Å². The van der Waals surface area contributed by atoms with Gasteiger partial charge in [-0.3, -0.25) is 0 Å². The van der Waals surface area contributed by atoms with E-state index in [0.29, 0.717) is 7.92 Å². The molecule has 0 radical (unpaired) electrons. The van der Waals surface area contributed by atoms with Crippen LogP contribution in [0.1, 0.15) is 130 Å². The molecule has 0 saturated heterocycles. The third kappa shape index (κ3) is 11.7. The first-order valence-electron chi connectivity index (χ1n) is 18.4. The monoisotopic (exact) mass is 826 g/mol. The summed E-state index contributed by atoms with van der Waals surface area (Å²) in [5, 5.41) is 0. The van der Waals surface area contributed by atoms with Gasteiger partial charge in [0.05, 0.1) is 0 Å². The largest absolute Gasteiger partial charge is 1.00 e. The molecule has 0 N–H and O–H groups in total. The number of nitrogens with zero attached hydrogens (tertiary/aromatic N) is 2. The number of aromatic nitrogens is 2. The number of aryl methyl sites for hydroxylation is 6. The van der Waals surface area contributed by atoms with Gasteiger partial charge in [0.1, 0.15) is 0 Å². The molecule has 6 rings (SSSR count). The van der Waals surface area contributed by atoms with Crippen molar-refractivity contribution in [3.63, 3.8) is 0 Å². The molecular formula is C44H67Cl2N2PRu-4. The Balaban J connectivity index is 0.000000485. The van der Waals surface area contributed by atoms with Gasteiger partial charge in [-0.25, -0.2) is 0 Å². The first-order chi connectivity index (χ1) is 22.3. The summed E-state index contributed by atoms with van der Waals surface area (Å²) in [6.45, 7) is 17.1. The topological polar surface area (TPSA) is 9.86 Å². The number of benzene rings is 2. The average Bonchev–Trinajstić information content (AvgIpc) is 3.43. The van der Waals surface area contributed by atoms with E-state index in [9.17, 15) is 0 Å². The maximum absolute atomic E-state index is 3.91. The molecule has 1 heterocycles. The summed E-state index contributed by atoms with van der Waals surface area (Å²) >= 11 is -0.107. The van der Waals surface area contributed by atoms with Crippen LogP contribution in [-0.4, -0.2) is 30.7 Å². The molecule has 0 bridgehead atoms. The minimum Gasteiger partial charge on any atom is -1.00 e. The van der Waals surface area contributed by atoms with Crippen molar-refractivity contribution in [1.82, 2.24) is 9.13 Å². The molecular weight excluding hydrogens is 759 g/mol. The quantitative estimate of drug-likeness (QED) is 0.143. The molecule has 2 aromatic carbocycles. The summed E-state index contributed by atoms with van der Waals surface area (Å²) in [4.78, 5) is 0. The summed E-state index contributed by atoms with van der Waals surface area (Å²) < 4.78 is 8.29. The van der Waals surface area contributed by atoms with Crippen LogP contribution in [0, 0.1) is 60.4 Å². The molecule has 3 saturated carbocycles. The van der Waals surface area contributed by atoms with Gasteiger partial charge in [0.2, 0.25) is 0 Å². The maximum Gasteiger partial charge on any atom is -0.358 e. The number of hydrogen-bond acceptors (Lipinski definition) is 0. The normalized spacial score (nSPS) is 16.9. The van der Waals surface area contributed by atoms with Crippen molar-refractivity contribution in [3.05, 3.63) is 102 Å². The van der Waals surface area contributed by atoms with E-state index in [1.807, 2.05) is 6.08 Å². The molecule has 0 unspecified atom stereocenters. The van der Waals surface area contributed by atoms with Crippen molar-refractivity contribution >= 4 is 12.5 Å². The zero-order valence-corrected chi connectivity index (χ0v) is 36.8. The van der Waals surface area contributed by atoms with E-state index < -0.39 is 0 Å². The predicted molar refractivity (Wildman–Crippen MR) is 213 cm³/mol. The van der Waals surface area contributed by atoms with Gasteiger partial charge in [-0.05, 0) is 55.5 Å². The minimum atomic E-state index is -0.107. The zero-order valence-electron chi connectivity index (χ0n) is 32.6. The third-order valence-electron chi connectivity index (χ3n) is 10.7. The van der Waals surface area contributed by atoms with E-state index in [2.05, 4.69) is 98.5 Å². The fourth-order valence-corrected chi connectivity index (χ4v) is 15.3. The van der Waals surface area contributed by atoms with Crippen molar-refractivity contribution in [2.45, 2.75) is 155 Å². The molecule has 3 aliphatic rings. The van der Waals surface area contributed by atoms with Crippen LogP contribution in [0.4, 0.5) is 0 Å². The van der Waals surface area contributed by atoms with Gasteiger partial charge < -0.3 is 39.7 Å². The molecule has 50 heavy (non-hydrogen) atoms. The standard InChI is InChI=1S/C21H24N2.C18H33P.C3H4.2CH3.2ClH.Ru/c1-14-9-16(3)20(17(4)10-14)22-7-8-23(13-22)21-18(5)11-15(2)12-19(21)6;1-4-10-16(11-5-1)19(17-12-6-2-7-13-17)18-14-8-3-9-15-18;1-3-2;;;;;/h7-12H,1-6H3;16-18H,1-15H2;1,3H,2H2;2*1H3;2*1H;/q;;;2*-1;;;/p-2. The van der Waals surface area contributed by atoms with E-state index in [0.717, 1.165) is 0 Å². The van der Waals surface area contributed by atoms with Crippen molar-refractivity contribution in [3.8, 4) is 11.4 Å². The summed E-state index contributed by atoms with van der Waals surface area (Å²) in [5.74, 6) is 0. The molecule has 0 atom stereocenters. The molecule has 6 heteroatoms. The first-order valence-corrected chi connectivity index (χ1v) is 21.8. The van der Waals surface area contributed by atoms with Gasteiger partial charge in [-0.15, -0.1) is 0 Å². The van der Waals surface area contributed by atoms with Crippen molar-refractivity contribution in [2.24, 2.45) is 0 Å². The van der Waals surface area contributed by atoms with Crippen LogP contribution in [0.2, 0.25) is 0 Å². The third-order valence-corrected chi connectivity index (χ3v) is 16.8. The molecule has 0 aliphatic heterocycles. The molecule has 0 amide bonds.